The monoisotopic (exact) mass is 574 g/mol. The molecule has 13 atom stereocenters. The summed E-state index contributed by atoms with van der Waals surface area (Å²) < 4.78 is 30.2. The number of carbonyl (C=O) groups is 3. The lowest BCUT2D eigenvalue weighted by molar-refractivity contribution is -0.276. The molecule has 6 rings (SSSR count). The highest BCUT2D eigenvalue weighted by Crippen LogP contribution is 2.71. The molecular formula is C33H50O8. The van der Waals surface area contributed by atoms with Crippen molar-refractivity contribution in [3.63, 3.8) is 0 Å². The summed E-state index contributed by atoms with van der Waals surface area (Å²) in [5, 5.41) is 0. The van der Waals surface area contributed by atoms with E-state index < -0.39 is 5.79 Å². The highest BCUT2D eigenvalue weighted by molar-refractivity contribution is 5.67. The van der Waals surface area contributed by atoms with Crippen molar-refractivity contribution >= 4 is 17.9 Å². The highest BCUT2D eigenvalue weighted by atomic mass is 16.7. The van der Waals surface area contributed by atoms with Crippen molar-refractivity contribution in [3.05, 3.63) is 0 Å². The van der Waals surface area contributed by atoms with Crippen molar-refractivity contribution < 1.29 is 38.1 Å². The number of hydrogen-bond donors (Lipinski definition) is 0. The summed E-state index contributed by atoms with van der Waals surface area (Å²) >= 11 is 0. The smallest absolute Gasteiger partial charge is 0.303 e. The van der Waals surface area contributed by atoms with Crippen LogP contribution in [0.15, 0.2) is 0 Å². The minimum Gasteiger partial charge on any atom is -0.465 e. The van der Waals surface area contributed by atoms with Crippen molar-refractivity contribution in [1.29, 1.82) is 0 Å². The van der Waals surface area contributed by atoms with E-state index in [0.717, 1.165) is 38.5 Å². The molecule has 41 heavy (non-hydrogen) atoms. The molecule has 2 aliphatic heterocycles. The van der Waals surface area contributed by atoms with E-state index >= 15 is 0 Å². The molecule has 0 bridgehead atoms. The maximum absolute atomic E-state index is 12.0. The molecule has 8 nitrogen and oxygen atoms in total. The Balaban J connectivity index is 1.17. The second-order valence-corrected chi connectivity index (χ2v) is 15.0. The first kappa shape index (κ1) is 29.4. The normalized spacial score (nSPS) is 50.2. The van der Waals surface area contributed by atoms with Gasteiger partial charge in [-0.3, -0.25) is 14.4 Å². The quantitative estimate of drug-likeness (QED) is 0.323. The maximum atomic E-state index is 12.0. The van der Waals surface area contributed by atoms with Gasteiger partial charge in [0.25, 0.3) is 0 Å². The third kappa shape index (κ3) is 4.83. The summed E-state index contributed by atoms with van der Waals surface area (Å²) in [5.74, 6) is 2.00. The zero-order chi connectivity index (χ0) is 29.3. The molecule has 0 unspecified atom stereocenters. The van der Waals surface area contributed by atoms with Crippen LogP contribution in [0.2, 0.25) is 0 Å². The van der Waals surface area contributed by atoms with Crippen molar-refractivity contribution in [3.8, 4) is 0 Å². The summed E-state index contributed by atoms with van der Waals surface area (Å²) in [4.78, 5) is 35.2. The van der Waals surface area contributed by atoms with Gasteiger partial charge in [0.1, 0.15) is 12.2 Å². The molecule has 6 fully saturated rings. The van der Waals surface area contributed by atoms with Gasteiger partial charge >= 0.3 is 17.9 Å². The Morgan fingerprint density at radius 2 is 1.56 bits per heavy atom. The highest BCUT2D eigenvalue weighted by Gasteiger charge is 2.69. The minimum absolute atomic E-state index is 0.0653. The number of fused-ring (bicyclic) bond motifs is 7. The number of carbonyl (C=O) groups excluding carboxylic acids is 3. The molecule has 1 spiro atoms. The van der Waals surface area contributed by atoms with Gasteiger partial charge in [-0.2, -0.15) is 0 Å². The van der Waals surface area contributed by atoms with E-state index in [1.807, 2.05) is 0 Å². The van der Waals surface area contributed by atoms with Crippen LogP contribution in [0.25, 0.3) is 0 Å². The molecule has 0 aromatic rings. The van der Waals surface area contributed by atoms with Gasteiger partial charge in [-0.1, -0.05) is 20.8 Å². The molecule has 0 aromatic carbocycles. The average molecular weight is 575 g/mol. The second kappa shape index (κ2) is 10.5. The number of esters is 3. The Morgan fingerprint density at radius 1 is 0.829 bits per heavy atom. The molecule has 6 aliphatic rings. The average Bonchev–Trinajstić information content (AvgIpc) is 3.33. The summed E-state index contributed by atoms with van der Waals surface area (Å²) in [5.41, 5.74) is 0.288. The van der Waals surface area contributed by atoms with Crippen LogP contribution < -0.4 is 0 Å². The number of hydrogen-bond acceptors (Lipinski definition) is 8. The van der Waals surface area contributed by atoms with Crippen LogP contribution in [0.3, 0.4) is 0 Å². The maximum Gasteiger partial charge on any atom is 0.303 e. The van der Waals surface area contributed by atoms with E-state index in [1.54, 1.807) is 0 Å². The molecule has 2 heterocycles. The van der Waals surface area contributed by atoms with Gasteiger partial charge in [0, 0.05) is 39.0 Å². The zero-order valence-corrected chi connectivity index (χ0v) is 25.8. The van der Waals surface area contributed by atoms with Crippen LogP contribution in [0, 0.1) is 52.3 Å². The van der Waals surface area contributed by atoms with Crippen LogP contribution in [-0.2, 0) is 38.1 Å². The largest absolute Gasteiger partial charge is 0.465 e. The van der Waals surface area contributed by atoms with Crippen molar-refractivity contribution in [2.75, 3.05) is 13.2 Å². The van der Waals surface area contributed by atoms with Gasteiger partial charge in [0.2, 0.25) is 0 Å². The van der Waals surface area contributed by atoms with E-state index in [2.05, 4.69) is 20.8 Å². The van der Waals surface area contributed by atoms with Crippen LogP contribution in [0.4, 0.5) is 0 Å². The van der Waals surface area contributed by atoms with E-state index in [9.17, 15) is 14.4 Å². The topological polar surface area (TPSA) is 97.4 Å². The molecule has 2 saturated heterocycles. The van der Waals surface area contributed by atoms with Crippen molar-refractivity contribution in [2.24, 2.45) is 52.3 Å². The van der Waals surface area contributed by atoms with Gasteiger partial charge in [-0.25, -0.2) is 0 Å². The predicted molar refractivity (Wildman–Crippen MR) is 149 cm³/mol. The lowest BCUT2D eigenvalue weighted by atomic mass is 9.44. The summed E-state index contributed by atoms with van der Waals surface area (Å²) in [6.45, 7) is 12.7. The first-order valence-corrected chi connectivity index (χ1v) is 16.2. The van der Waals surface area contributed by atoms with E-state index in [-0.39, 0.29) is 53.0 Å². The van der Waals surface area contributed by atoms with E-state index in [0.29, 0.717) is 48.7 Å². The van der Waals surface area contributed by atoms with Gasteiger partial charge < -0.3 is 23.7 Å². The molecule has 0 amide bonds. The van der Waals surface area contributed by atoms with E-state index in [4.69, 9.17) is 23.7 Å². The lowest BCUT2D eigenvalue weighted by Crippen LogP contribution is -2.58. The first-order valence-electron chi connectivity index (χ1n) is 16.2. The molecule has 4 saturated carbocycles. The molecule has 0 N–H and O–H groups in total. The van der Waals surface area contributed by atoms with Gasteiger partial charge in [-0.05, 0) is 91.8 Å². The van der Waals surface area contributed by atoms with Crippen LogP contribution >= 0.6 is 0 Å². The third-order valence-corrected chi connectivity index (χ3v) is 12.9. The molecule has 8 heteroatoms. The lowest BCUT2D eigenvalue weighted by Gasteiger charge is -2.62. The van der Waals surface area contributed by atoms with E-state index in [1.165, 1.54) is 40.0 Å². The van der Waals surface area contributed by atoms with Gasteiger partial charge in [0.15, 0.2) is 5.79 Å². The molecule has 0 radical (unpaired) electrons. The fourth-order valence-corrected chi connectivity index (χ4v) is 11.2. The van der Waals surface area contributed by atoms with Crippen LogP contribution in [0.5, 0.6) is 0 Å². The Hall–Kier alpha value is -1.67. The Labute approximate surface area is 244 Å². The second-order valence-electron chi connectivity index (χ2n) is 15.0. The Bertz CT molecular complexity index is 1050. The fourth-order valence-electron chi connectivity index (χ4n) is 11.2. The van der Waals surface area contributed by atoms with Crippen molar-refractivity contribution in [1.82, 2.24) is 0 Å². The Kier molecular flexibility index (Phi) is 7.53. The molecule has 0 aromatic heterocycles. The standard InChI is InChI=1S/C33H50O8/c1-18-30-28(41-33(18)12-9-22(17-38-33)16-37-19(2)34)14-26-24-8-7-23-13-27(39-20(3)35)29(40-21(4)36)15-32(23,6)25(24)10-11-31(26,30)5/h18,22-30H,7-17H2,1-6H3/t18-,22-,23+,24-,25+,26+,27-,28-,29-,30-,31-,32-,33+/m0/s1. The first-order chi connectivity index (χ1) is 19.4. The number of rotatable bonds is 4. The minimum atomic E-state index is -0.511. The predicted octanol–water partition coefficient (Wildman–Crippen LogP) is 5.45. The summed E-state index contributed by atoms with van der Waals surface area (Å²) in [6.07, 6.45) is 8.69. The van der Waals surface area contributed by atoms with Gasteiger partial charge in [0.05, 0.1) is 19.3 Å². The number of ether oxygens (including phenoxy) is 5. The molecule has 230 valence electrons. The van der Waals surface area contributed by atoms with Crippen LogP contribution in [0.1, 0.15) is 99.3 Å². The van der Waals surface area contributed by atoms with Gasteiger partial charge in [-0.15, -0.1) is 0 Å². The summed E-state index contributed by atoms with van der Waals surface area (Å²) in [7, 11) is 0. The van der Waals surface area contributed by atoms with Crippen LogP contribution in [-0.4, -0.2) is 55.2 Å². The Morgan fingerprint density at radius 3 is 2.22 bits per heavy atom. The zero-order valence-electron chi connectivity index (χ0n) is 25.8. The van der Waals surface area contributed by atoms with Crippen molar-refractivity contribution in [2.45, 2.75) is 123 Å². The molecular weight excluding hydrogens is 524 g/mol. The summed E-state index contributed by atoms with van der Waals surface area (Å²) in [6, 6.07) is 0. The third-order valence-electron chi connectivity index (χ3n) is 12.9. The molecule has 4 aliphatic carbocycles. The fraction of sp³-hybridized carbons (Fsp3) is 0.909. The SMILES string of the molecule is CC(=O)OC[C@@H]1CC[C@@]2(OC1)O[C@H]1C[C@@H]3[C@H]4CC[C@@H]5C[C@H](OC(C)=O)[C@@H](OC(C)=O)C[C@]5(C)[C@@H]4CC[C@]3(C)[C@H]1[C@@H]2C.